The molecule has 0 aliphatic carbocycles. The molecule has 0 aliphatic heterocycles. The van der Waals surface area contributed by atoms with Crippen LogP contribution in [0.2, 0.25) is 0 Å². The van der Waals surface area contributed by atoms with Crippen molar-refractivity contribution in [3.63, 3.8) is 0 Å². The number of nitrogens with two attached hydrogens (primary N) is 1. The summed E-state index contributed by atoms with van der Waals surface area (Å²) in [7, 11) is 0. The van der Waals surface area contributed by atoms with Crippen LogP contribution in [-0.2, 0) is 4.79 Å². The summed E-state index contributed by atoms with van der Waals surface area (Å²) in [5, 5.41) is 2.59. The molecular formula is C14H17N3O3. The number of aromatic nitrogens is 1. The first kappa shape index (κ1) is 14.0. The van der Waals surface area contributed by atoms with Gasteiger partial charge in [0.1, 0.15) is 11.6 Å². The molecule has 0 saturated carbocycles. The zero-order valence-electron chi connectivity index (χ0n) is 11.4. The van der Waals surface area contributed by atoms with Crippen LogP contribution in [0.1, 0.15) is 30.8 Å². The molecule has 106 valence electrons. The molecule has 2 aromatic rings. The van der Waals surface area contributed by atoms with Gasteiger partial charge in [0.05, 0.1) is 0 Å². The Morgan fingerprint density at radius 3 is 2.80 bits per heavy atom. The van der Waals surface area contributed by atoms with Crippen molar-refractivity contribution in [3.8, 4) is 0 Å². The number of carbonyl (C=O) groups excluding carboxylic acids is 2. The van der Waals surface area contributed by atoms with Gasteiger partial charge in [-0.2, -0.15) is 0 Å². The molecule has 0 radical (unpaired) electrons. The monoisotopic (exact) mass is 275 g/mol. The maximum Gasteiger partial charge on any atom is 0.287 e. The smallest absolute Gasteiger partial charge is 0.287 e. The highest BCUT2D eigenvalue weighted by molar-refractivity contribution is 5.97. The standard InChI is InChI=1S/C14H17N3O3/c1-8(2)6-10(13(15)18)17-14(19)12-7-9-11(20-12)4-3-5-16-9/h3-5,7-8,10H,6H2,1-2H3,(H2,15,18)(H,17,19). The molecular weight excluding hydrogens is 258 g/mol. The number of hydrogen-bond donors (Lipinski definition) is 2. The lowest BCUT2D eigenvalue weighted by Gasteiger charge is -2.16. The Hall–Kier alpha value is -2.37. The van der Waals surface area contributed by atoms with Crippen LogP contribution in [0.4, 0.5) is 0 Å². The first-order valence-corrected chi connectivity index (χ1v) is 6.42. The predicted molar refractivity (Wildman–Crippen MR) is 73.9 cm³/mol. The van der Waals surface area contributed by atoms with Crippen molar-refractivity contribution in [2.24, 2.45) is 11.7 Å². The first-order chi connectivity index (χ1) is 9.47. The first-order valence-electron chi connectivity index (χ1n) is 6.42. The normalized spacial score (nSPS) is 12.6. The second-order valence-corrected chi connectivity index (χ2v) is 5.06. The van der Waals surface area contributed by atoms with Gasteiger partial charge < -0.3 is 15.5 Å². The van der Waals surface area contributed by atoms with Gasteiger partial charge in [0.2, 0.25) is 5.91 Å². The lowest BCUT2D eigenvalue weighted by molar-refractivity contribution is -0.120. The summed E-state index contributed by atoms with van der Waals surface area (Å²) in [5.74, 6) is -0.660. The lowest BCUT2D eigenvalue weighted by Crippen LogP contribution is -2.45. The Kier molecular flexibility index (Phi) is 4.02. The van der Waals surface area contributed by atoms with Crippen LogP contribution < -0.4 is 11.1 Å². The topological polar surface area (TPSA) is 98.2 Å². The Labute approximate surface area is 116 Å². The van der Waals surface area contributed by atoms with Gasteiger partial charge in [-0.25, -0.2) is 0 Å². The van der Waals surface area contributed by atoms with Gasteiger partial charge >= 0.3 is 0 Å². The van der Waals surface area contributed by atoms with Crippen molar-refractivity contribution in [2.45, 2.75) is 26.3 Å². The number of pyridine rings is 1. The Morgan fingerprint density at radius 2 is 2.20 bits per heavy atom. The summed E-state index contributed by atoms with van der Waals surface area (Å²) in [5.41, 5.74) is 6.41. The van der Waals surface area contributed by atoms with E-state index in [-0.39, 0.29) is 11.7 Å². The van der Waals surface area contributed by atoms with Crippen molar-refractivity contribution in [1.29, 1.82) is 0 Å². The van der Waals surface area contributed by atoms with Crippen LogP contribution in [0.15, 0.2) is 28.8 Å². The lowest BCUT2D eigenvalue weighted by atomic mass is 10.0. The van der Waals surface area contributed by atoms with E-state index in [4.69, 9.17) is 10.2 Å². The molecule has 0 aliphatic rings. The molecule has 2 aromatic heterocycles. The van der Waals surface area contributed by atoms with Gasteiger partial charge in [-0.3, -0.25) is 14.6 Å². The number of primary amides is 1. The van der Waals surface area contributed by atoms with Gasteiger partial charge in [-0.1, -0.05) is 13.8 Å². The van der Waals surface area contributed by atoms with Gasteiger partial charge in [0.25, 0.3) is 5.91 Å². The number of furan rings is 1. The van der Waals surface area contributed by atoms with E-state index in [0.717, 1.165) is 0 Å². The molecule has 2 heterocycles. The van der Waals surface area contributed by atoms with Gasteiger partial charge in [0.15, 0.2) is 11.3 Å². The molecule has 1 atom stereocenters. The van der Waals surface area contributed by atoms with Crippen molar-refractivity contribution in [3.05, 3.63) is 30.2 Å². The summed E-state index contributed by atoms with van der Waals surface area (Å²) in [4.78, 5) is 27.5. The molecule has 2 amide bonds. The largest absolute Gasteiger partial charge is 0.449 e. The van der Waals surface area contributed by atoms with E-state index in [1.165, 1.54) is 6.07 Å². The molecule has 1 unspecified atom stereocenters. The number of amides is 2. The second-order valence-electron chi connectivity index (χ2n) is 5.06. The zero-order valence-corrected chi connectivity index (χ0v) is 11.4. The highest BCUT2D eigenvalue weighted by Crippen LogP contribution is 2.16. The maximum atomic E-state index is 12.1. The number of nitrogens with one attached hydrogen (secondary N) is 1. The molecule has 0 fully saturated rings. The zero-order chi connectivity index (χ0) is 14.7. The Morgan fingerprint density at radius 1 is 1.45 bits per heavy atom. The van der Waals surface area contributed by atoms with Crippen molar-refractivity contribution in [1.82, 2.24) is 10.3 Å². The minimum atomic E-state index is -0.705. The fraction of sp³-hybridized carbons (Fsp3) is 0.357. The molecule has 6 nitrogen and oxygen atoms in total. The number of fused-ring (bicyclic) bond motifs is 1. The molecule has 0 aromatic carbocycles. The van der Waals surface area contributed by atoms with Crippen molar-refractivity contribution >= 4 is 22.9 Å². The van der Waals surface area contributed by atoms with Gasteiger partial charge in [-0.05, 0) is 24.5 Å². The third-order valence-electron chi connectivity index (χ3n) is 2.87. The minimum Gasteiger partial charge on any atom is -0.449 e. The van der Waals surface area contributed by atoms with Crippen LogP contribution in [-0.4, -0.2) is 22.8 Å². The van der Waals surface area contributed by atoms with E-state index in [1.54, 1.807) is 18.3 Å². The van der Waals surface area contributed by atoms with E-state index >= 15 is 0 Å². The summed E-state index contributed by atoms with van der Waals surface area (Å²) in [6, 6.07) is 4.28. The summed E-state index contributed by atoms with van der Waals surface area (Å²) < 4.78 is 5.39. The quantitative estimate of drug-likeness (QED) is 0.863. The Bertz CT molecular complexity index is 600. The average molecular weight is 275 g/mol. The maximum absolute atomic E-state index is 12.1. The minimum absolute atomic E-state index is 0.119. The molecule has 3 N–H and O–H groups in total. The molecule has 2 rings (SSSR count). The van der Waals surface area contributed by atoms with Crippen LogP contribution in [0.5, 0.6) is 0 Å². The number of rotatable bonds is 5. The number of carbonyl (C=O) groups is 2. The Balaban J connectivity index is 2.15. The van der Waals surface area contributed by atoms with Crippen LogP contribution in [0.25, 0.3) is 11.1 Å². The van der Waals surface area contributed by atoms with E-state index in [0.29, 0.717) is 17.5 Å². The molecule has 0 saturated heterocycles. The summed E-state index contributed by atoms with van der Waals surface area (Å²) in [6.45, 7) is 3.90. The summed E-state index contributed by atoms with van der Waals surface area (Å²) in [6.07, 6.45) is 2.10. The van der Waals surface area contributed by atoms with E-state index in [2.05, 4.69) is 10.3 Å². The molecule has 6 heteroatoms. The van der Waals surface area contributed by atoms with Crippen LogP contribution >= 0.6 is 0 Å². The fourth-order valence-electron chi connectivity index (χ4n) is 1.93. The molecule has 0 spiro atoms. The highest BCUT2D eigenvalue weighted by atomic mass is 16.3. The van der Waals surface area contributed by atoms with Gasteiger partial charge in [-0.15, -0.1) is 0 Å². The van der Waals surface area contributed by atoms with E-state index in [9.17, 15) is 9.59 Å². The van der Waals surface area contributed by atoms with Crippen LogP contribution in [0.3, 0.4) is 0 Å². The second kappa shape index (κ2) is 5.73. The third-order valence-corrected chi connectivity index (χ3v) is 2.87. The number of nitrogens with zero attached hydrogens (tertiary/aromatic N) is 1. The highest BCUT2D eigenvalue weighted by Gasteiger charge is 2.22. The summed E-state index contributed by atoms with van der Waals surface area (Å²) >= 11 is 0. The third kappa shape index (κ3) is 3.14. The SMILES string of the molecule is CC(C)CC(NC(=O)c1cc2ncccc2o1)C(N)=O. The number of hydrogen-bond acceptors (Lipinski definition) is 4. The molecule has 20 heavy (non-hydrogen) atoms. The van der Waals surface area contributed by atoms with Gasteiger partial charge in [0, 0.05) is 12.3 Å². The van der Waals surface area contributed by atoms with Crippen molar-refractivity contribution < 1.29 is 14.0 Å². The van der Waals surface area contributed by atoms with E-state index in [1.807, 2.05) is 13.8 Å². The van der Waals surface area contributed by atoms with Crippen LogP contribution in [0, 0.1) is 5.92 Å². The van der Waals surface area contributed by atoms with Crippen molar-refractivity contribution in [2.75, 3.05) is 0 Å². The predicted octanol–water partition coefficient (Wildman–Crippen LogP) is 1.46. The average Bonchev–Trinajstić information content (AvgIpc) is 2.81. The molecule has 0 bridgehead atoms. The van der Waals surface area contributed by atoms with E-state index < -0.39 is 17.9 Å². The fourth-order valence-corrected chi connectivity index (χ4v) is 1.93.